The van der Waals surface area contributed by atoms with Crippen molar-refractivity contribution in [1.29, 1.82) is 0 Å². The van der Waals surface area contributed by atoms with Gasteiger partial charge in [0.1, 0.15) is 17.1 Å². The number of amides is 1. The van der Waals surface area contributed by atoms with Gasteiger partial charge in [0, 0.05) is 56.5 Å². The standard InChI is InChI=1S/C22H35N3O5S2/c1-4-31-12-9-23-19(27)17-14-21(30-24-17)7-10-25(11-8-21)32(28,29)15-22-6-5-16(13-18(22)26)20(22,2)3/h16H,4-15H2,1-3H3,(H,23,27). The molecular formula is C22H35N3O5S2. The third-order valence-electron chi connectivity index (χ3n) is 8.43. The summed E-state index contributed by atoms with van der Waals surface area (Å²) < 4.78 is 28.2. The Labute approximate surface area is 195 Å². The number of piperidine rings is 1. The number of fused-ring (bicyclic) bond motifs is 2. The lowest BCUT2D eigenvalue weighted by Crippen LogP contribution is -2.51. The molecule has 0 radical (unpaired) electrons. The highest BCUT2D eigenvalue weighted by Crippen LogP contribution is 2.64. The number of sulfonamides is 1. The Morgan fingerprint density at radius 3 is 2.59 bits per heavy atom. The van der Waals surface area contributed by atoms with Gasteiger partial charge in [0.15, 0.2) is 0 Å². The molecule has 0 aromatic carbocycles. The molecule has 4 aliphatic rings. The molecule has 180 valence electrons. The van der Waals surface area contributed by atoms with E-state index in [4.69, 9.17) is 4.84 Å². The second kappa shape index (κ2) is 8.58. The van der Waals surface area contributed by atoms with Gasteiger partial charge in [-0.3, -0.25) is 9.59 Å². The normalized spacial score (nSPS) is 31.0. The van der Waals surface area contributed by atoms with Crippen molar-refractivity contribution in [2.45, 2.75) is 64.9 Å². The molecule has 1 amide bonds. The summed E-state index contributed by atoms with van der Waals surface area (Å²) >= 11 is 1.76. The minimum atomic E-state index is -3.57. The van der Waals surface area contributed by atoms with E-state index in [1.54, 1.807) is 11.8 Å². The first kappa shape index (κ1) is 24.0. The molecule has 0 aromatic rings. The number of hydrogen-bond donors (Lipinski definition) is 1. The van der Waals surface area contributed by atoms with Crippen LogP contribution in [0.4, 0.5) is 0 Å². The third kappa shape index (κ3) is 4.00. The van der Waals surface area contributed by atoms with E-state index in [0.717, 1.165) is 17.9 Å². The third-order valence-corrected chi connectivity index (χ3v) is 11.3. The zero-order valence-electron chi connectivity index (χ0n) is 19.3. The Bertz CT molecular complexity index is 909. The Balaban J connectivity index is 1.33. The quantitative estimate of drug-likeness (QED) is 0.529. The lowest BCUT2D eigenvalue weighted by Gasteiger charge is -2.40. The first-order chi connectivity index (χ1) is 15.1. The SMILES string of the molecule is CCSCCNC(=O)C1=NOC2(CCN(S(=O)(=O)CC34CCC(CC3=O)C4(C)C)CC2)C1. The molecule has 32 heavy (non-hydrogen) atoms. The number of carbonyl (C=O) groups excluding carboxylic acids is 2. The number of ketones is 1. The molecule has 2 aliphatic heterocycles. The lowest BCUT2D eigenvalue weighted by atomic mass is 9.70. The molecule has 1 saturated heterocycles. The monoisotopic (exact) mass is 485 g/mol. The predicted octanol–water partition coefficient (Wildman–Crippen LogP) is 2.19. The summed E-state index contributed by atoms with van der Waals surface area (Å²) in [7, 11) is -3.57. The lowest BCUT2D eigenvalue weighted by molar-refractivity contribution is -0.128. The summed E-state index contributed by atoms with van der Waals surface area (Å²) in [6.07, 6.45) is 3.51. The minimum absolute atomic E-state index is 0.0872. The number of hydrogen-bond acceptors (Lipinski definition) is 7. The summed E-state index contributed by atoms with van der Waals surface area (Å²) in [5.74, 6) is 1.99. The van der Waals surface area contributed by atoms with Crippen LogP contribution in [0, 0.1) is 16.7 Å². The molecule has 2 atom stereocenters. The van der Waals surface area contributed by atoms with Crippen LogP contribution in [0.2, 0.25) is 0 Å². The van der Waals surface area contributed by atoms with Crippen LogP contribution in [0.15, 0.2) is 5.16 Å². The maximum atomic E-state index is 13.3. The first-order valence-corrected chi connectivity index (χ1v) is 14.4. The summed E-state index contributed by atoms with van der Waals surface area (Å²) in [4.78, 5) is 30.8. The number of carbonyl (C=O) groups is 2. The van der Waals surface area contributed by atoms with E-state index in [-0.39, 0.29) is 22.9 Å². The van der Waals surface area contributed by atoms with Crippen LogP contribution >= 0.6 is 11.8 Å². The van der Waals surface area contributed by atoms with Gasteiger partial charge in [-0.2, -0.15) is 11.8 Å². The van der Waals surface area contributed by atoms with Gasteiger partial charge in [0.25, 0.3) is 5.91 Å². The molecular weight excluding hydrogens is 450 g/mol. The average Bonchev–Trinajstić information content (AvgIpc) is 3.31. The van der Waals surface area contributed by atoms with Gasteiger partial charge in [-0.15, -0.1) is 0 Å². The molecule has 1 N–H and O–H groups in total. The smallest absolute Gasteiger partial charge is 0.269 e. The fourth-order valence-corrected chi connectivity index (χ4v) is 8.83. The van der Waals surface area contributed by atoms with Crippen molar-refractivity contribution in [3.63, 3.8) is 0 Å². The second-order valence-corrected chi connectivity index (χ2v) is 13.6. The van der Waals surface area contributed by atoms with E-state index in [9.17, 15) is 18.0 Å². The number of oxime groups is 1. The van der Waals surface area contributed by atoms with Crippen molar-refractivity contribution in [2.75, 3.05) is 36.9 Å². The van der Waals surface area contributed by atoms with Crippen molar-refractivity contribution >= 4 is 39.2 Å². The highest BCUT2D eigenvalue weighted by Gasteiger charge is 2.65. The van der Waals surface area contributed by atoms with Gasteiger partial charge in [0.05, 0.1) is 5.75 Å². The van der Waals surface area contributed by atoms with Crippen molar-refractivity contribution in [3.8, 4) is 0 Å². The van der Waals surface area contributed by atoms with Crippen LogP contribution in [0.3, 0.4) is 0 Å². The van der Waals surface area contributed by atoms with E-state index in [1.807, 2.05) is 0 Å². The molecule has 3 fully saturated rings. The fraction of sp³-hybridized carbons (Fsp3) is 0.864. The van der Waals surface area contributed by atoms with Crippen molar-refractivity contribution in [1.82, 2.24) is 9.62 Å². The van der Waals surface area contributed by atoms with Gasteiger partial charge in [-0.05, 0) is 29.9 Å². The summed E-state index contributed by atoms with van der Waals surface area (Å²) in [6.45, 7) is 7.45. The Morgan fingerprint density at radius 1 is 1.28 bits per heavy atom. The zero-order valence-corrected chi connectivity index (χ0v) is 20.9. The number of rotatable bonds is 8. The molecule has 4 rings (SSSR count). The van der Waals surface area contributed by atoms with Gasteiger partial charge < -0.3 is 10.2 Å². The van der Waals surface area contributed by atoms with Crippen LogP contribution in [0.25, 0.3) is 0 Å². The summed E-state index contributed by atoms with van der Waals surface area (Å²) in [6, 6.07) is 0. The van der Waals surface area contributed by atoms with Gasteiger partial charge in [0.2, 0.25) is 10.0 Å². The Morgan fingerprint density at radius 2 is 2.00 bits per heavy atom. The van der Waals surface area contributed by atoms with E-state index < -0.39 is 21.0 Å². The maximum absolute atomic E-state index is 13.3. The van der Waals surface area contributed by atoms with Gasteiger partial charge in [-0.25, -0.2) is 12.7 Å². The van der Waals surface area contributed by atoms with Crippen LogP contribution in [0.1, 0.15) is 59.3 Å². The number of Topliss-reactive ketones (excluding diaryl/α,β-unsaturated/α-hetero) is 1. The molecule has 2 heterocycles. The number of nitrogens with one attached hydrogen (secondary N) is 1. The molecule has 2 aliphatic carbocycles. The van der Waals surface area contributed by atoms with E-state index >= 15 is 0 Å². The highest BCUT2D eigenvalue weighted by molar-refractivity contribution is 7.99. The van der Waals surface area contributed by atoms with Crippen molar-refractivity contribution < 1.29 is 22.8 Å². The van der Waals surface area contributed by atoms with Gasteiger partial charge >= 0.3 is 0 Å². The van der Waals surface area contributed by atoms with Crippen LogP contribution in [-0.4, -0.2) is 72.6 Å². The van der Waals surface area contributed by atoms with Crippen LogP contribution < -0.4 is 5.32 Å². The molecule has 8 nitrogen and oxygen atoms in total. The number of thioether (sulfide) groups is 1. The molecule has 0 aromatic heterocycles. The maximum Gasteiger partial charge on any atom is 0.269 e. The summed E-state index contributed by atoms with van der Waals surface area (Å²) in [5.41, 5.74) is -1.23. The topological polar surface area (TPSA) is 105 Å². The van der Waals surface area contributed by atoms with Crippen molar-refractivity contribution in [2.24, 2.45) is 21.9 Å². The van der Waals surface area contributed by atoms with Gasteiger partial charge in [-0.1, -0.05) is 25.9 Å². The fourth-order valence-electron chi connectivity index (χ4n) is 6.08. The van der Waals surface area contributed by atoms with E-state index in [0.29, 0.717) is 63.4 Å². The van der Waals surface area contributed by atoms with E-state index in [2.05, 4.69) is 31.2 Å². The first-order valence-electron chi connectivity index (χ1n) is 11.7. The molecule has 1 spiro atoms. The summed E-state index contributed by atoms with van der Waals surface area (Å²) in [5, 5.41) is 6.90. The van der Waals surface area contributed by atoms with Crippen LogP contribution in [-0.2, 0) is 24.4 Å². The zero-order chi connectivity index (χ0) is 23.2. The minimum Gasteiger partial charge on any atom is -0.388 e. The molecule has 2 bridgehead atoms. The molecule has 2 unspecified atom stereocenters. The number of nitrogens with zero attached hydrogens (tertiary/aromatic N) is 2. The van der Waals surface area contributed by atoms with Crippen molar-refractivity contribution in [3.05, 3.63) is 0 Å². The Kier molecular flexibility index (Phi) is 6.44. The highest BCUT2D eigenvalue weighted by atomic mass is 32.2. The average molecular weight is 486 g/mol. The van der Waals surface area contributed by atoms with Crippen LogP contribution in [0.5, 0.6) is 0 Å². The predicted molar refractivity (Wildman–Crippen MR) is 125 cm³/mol. The van der Waals surface area contributed by atoms with E-state index in [1.165, 1.54) is 4.31 Å². The Hall–Kier alpha value is -1.13. The largest absolute Gasteiger partial charge is 0.388 e. The molecule has 2 saturated carbocycles. The molecule has 10 heteroatoms. The second-order valence-electron chi connectivity index (χ2n) is 10.3.